The smallest absolute Gasteiger partial charge is 0.412 e. The molecule has 0 bridgehead atoms. The van der Waals surface area contributed by atoms with Gasteiger partial charge in [-0.1, -0.05) is 4.49 Å². The standard InChI is InChI=1S/C11H13N3O2S/c1-11(2,3)16-10(15)12-7-4-5-9-8(6-7)13-14-17-9/h4-6H,1-3H3,(H,12,15). The summed E-state index contributed by atoms with van der Waals surface area (Å²) in [5, 5.41) is 6.59. The van der Waals surface area contributed by atoms with Crippen molar-refractivity contribution in [3.8, 4) is 0 Å². The first-order valence-electron chi connectivity index (χ1n) is 5.16. The van der Waals surface area contributed by atoms with Crippen LogP contribution in [0.25, 0.3) is 10.2 Å². The molecule has 0 aliphatic rings. The van der Waals surface area contributed by atoms with Crippen LogP contribution in [0.4, 0.5) is 10.5 Å². The fraction of sp³-hybridized carbons (Fsp3) is 0.364. The van der Waals surface area contributed by atoms with Gasteiger partial charge in [-0.15, -0.1) is 5.10 Å². The first-order chi connectivity index (χ1) is 7.94. The maximum absolute atomic E-state index is 11.5. The van der Waals surface area contributed by atoms with Crippen LogP contribution in [-0.4, -0.2) is 21.3 Å². The number of rotatable bonds is 1. The van der Waals surface area contributed by atoms with Crippen LogP contribution >= 0.6 is 11.5 Å². The highest BCUT2D eigenvalue weighted by molar-refractivity contribution is 7.12. The molecule has 1 amide bonds. The number of fused-ring (bicyclic) bond motifs is 1. The Morgan fingerprint density at radius 3 is 2.88 bits per heavy atom. The van der Waals surface area contributed by atoms with Crippen molar-refractivity contribution in [1.29, 1.82) is 0 Å². The summed E-state index contributed by atoms with van der Waals surface area (Å²) < 4.78 is 9.97. The van der Waals surface area contributed by atoms with E-state index in [2.05, 4.69) is 14.9 Å². The molecule has 0 aliphatic heterocycles. The van der Waals surface area contributed by atoms with Crippen LogP contribution in [0.5, 0.6) is 0 Å². The Morgan fingerprint density at radius 2 is 2.18 bits per heavy atom. The number of carbonyl (C=O) groups is 1. The summed E-state index contributed by atoms with van der Waals surface area (Å²) in [6.45, 7) is 5.46. The Balaban J connectivity index is 2.10. The van der Waals surface area contributed by atoms with E-state index in [0.717, 1.165) is 10.2 Å². The molecule has 6 heteroatoms. The van der Waals surface area contributed by atoms with Gasteiger partial charge in [0.1, 0.15) is 11.1 Å². The maximum Gasteiger partial charge on any atom is 0.412 e. The second-order valence-corrected chi connectivity index (χ2v) is 5.37. The molecule has 2 rings (SSSR count). The Morgan fingerprint density at radius 1 is 1.41 bits per heavy atom. The van der Waals surface area contributed by atoms with E-state index in [0.29, 0.717) is 5.69 Å². The predicted molar refractivity (Wildman–Crippen MR) is 67.3 cm³/mol. The van der Waals surface area contributed by atoms with E-state index in [1.165, 1.54) is 11.5 Å². The summed E-state index contributed by atoms with van der Waals surface area (Å²) in [7, 11) is 0. The van der Waals surface area contributed by atoms with Crippen LogP contribution in [0.15, 0.2) is 18.2 Å². The molecule has 1 heterocycles. The van der Waals surface area contributed by atoms with E-state index >= 15 is 0 Å². The number of carbonyl (C=O) groups excluding carboxylic acids is 1. The normalized spacial score (nSPS) is 11.5. The molecule has 0 saturated carbocycles. The van der Waals surface area contributed by atoms with Crippen LogP contribution in [0.1, 0.15) is 20.8 Å². The lowest BCUT2D eigenvalue weighted by Gasteiger charge is -2.19. The quantitative estimate of drug-likeness (QED) is 0.846. The van der Waals surface area contributed by atoms with Crippen molar-refractivity contribution in [2.24, 2.45) is 0 Å². The van der Waals surface area contributed by atoms with Crippen molar-refractivity contribution < 1.29 is 9.53 Å². The molecule has 0 saturated heterocycles. The number of nitrogens with zero attached hydrogens (tertiary/aromatic N) is 2. The summed E-state index contributed by atoms with van der Waals surface area (Å²) in [6.07, 6.45) is -0.472. The number of hydrogen-bond donors (Lipinski definition) is 1. The molecule has 1 aromatic heterocycles. The lowest BCUT2D eigenvalue weighted by Crippen LogP contribution is -2.27. The van der Waals surface area contributed by atoms with E-state index in [1.807, 2.05) is 26.8 Å². The van der Waals surface area contributed by atoms with E-state index in [1.54, 1.807) is 12.1 Å². The number of amides is 1. The molecule has 1 N–H and O–H groups in total. The average molecular weight is 251 g/mol. The molecule has 0 aliphatic carbocycles. The highest BCUT2D eigenvalue weighted by atomic mass is 32.1. The molecule has 90 valence electrons. The van der Waals surface area contributed by atoms with Gasteiger partial charge in [0.15, 0.2) is 0 Å². The number of nitrogens with one attached hydrogen (secondary N) is 1. The molecule has 0 radical (unpaired) electrons. The zero-order valence-electron chi connectivity index (χ0n) is 9.85. The predicted octanol–water partition coefficient (Wildman–Crippen LogP) is 3.04. The fourth-order valence-corrected chi connectivity index (χ4v) is 1.82. The monoisotopic (exact) mass is 251 g/mol. The van der Waals surface area contributed by atoms with E-state index in [-0.39, 0.29) is 0 Å². The van der Waals surface area contributed by atoms with Crippen LogP contribution in [0, 0.1) is 0 Å². The Labute approximate surface area is 103 Å². The van der Waals surface area contributed by atoms with Gasteiger partial charge < -0.3 is 4.74 Å². The van der Waals surface area contributed by atoms with E-state index in [9.17, 15) is 4.79 Å². The molecular weight excluding hydrogens is 238 g/mol. The lowest BCUT2D eigenvalue weighted by atomic mass is 10.2. The Kier molecular flexibility index (Phi) is 2.97. The van der Waals surface area contributed by atoms with Gasteiger partial charge in [0.2, 0.25) is 0 Å². The second kappa shape index (κ2) is 4.29. The van der Waals surface area contributed by atoms with Gasteiger partial charge in [0, 0.05) is 5.69 Å². The molecule has 0 fully saturated rings. The third-order valence-electron chi connectivity index (χ3n) is 1.89. The summed E-state index contributed by atoms with van der Waals surface area (Å²) >= 11 is 1.32. The number of aromatic nitrogens is 2. The Bertz CT molecular complexity index is 545. The molecule has 5 nitrogen and oxygen atoms in total. The van der Waals surface area contributed by atoms with Gasteiger partial charge in [-0.25, -0.2) is 4.79 Å². The first kappa shape index (κ1) is 11.8. The number of ether oxygens (including phenoxy) is 1. The van der Waals surface area contributed by atoms with Gasteiger partial charge in [-0.2, -0.15) is 0 Å². The third-order valence-corrected chi connectivity index (χ3v) is 2.60. The fourth-order valence-electron chi connectivity index (χ4n) is 1.28. The van der Waals surface area contributed by atoms with Crippen molar-refractivity contribution in [2.75, 3.05) is 5.32 Å². The number of benzene rings is 1. The molecule has 0 unspecified atom stereocenters. The summed E-state index contributed by atoms with van der Waals surface area (Å²) in [5.74, 6) is 0. The van der Waals surface area contributed by atoms with Gasteiger partial charge in [0.25, 0.3) is 0 Å². The maximum atomic E-state index is 11.5. The summed E-state index contributed by atoms with van der Waals surface area (Å²) in [4.78, 5) is 11.5. The zero-order chi connectivity index (χ0) is 12.5. The van der Waals surface area contributed by atoms with Gasteiger partial charge in [0.05, 0.1) is 4.70 Å². The topological polar surface area (TPSA) is 64.1 Å². The number of hydrogen-bond acceptors (Lipinski definition) is 5. The van der Waals surface area contributed by atoms with Gasteiger partial charge in [-0.05, 0) is 50.5 Å². The molecule has 17 heavy (non-hydrogen) atoms. The van der Waals surface area contributed by atoms with Crippen LogP contribution in [0.3, 0.4) is 0 Å². The molecule has 0 spiro atoms. The lowest BCUT2D eigenvalue weighted by molar-refractivity contribution is 0.0636. The highest BCUT2D eigenvalue weighted by Crippen LogP contribution is 2.20. The Hall–Kier alpha value is -1.69. The highest BCUT2D eigenvalue weighted by Gasteiger charge is 2.16. The summed E-state index contributed by atoms with van der Waals surface area (Å²) in [5.41, 5.74) is 0.916. The van der Waals surface area contributed by atoms with Crippen molar-refractivity contribution in [2.45, 2.75) is 26.4 Å². The zero-order valence-corrected chi connectivity index (χ0v) is 10.7. The SMILES string of the molecule is CC(C)(C)OC(=O)Nc1ccc2snnc2c1. The van der Waals surface area contributed by atoms with Gasteiger partial charge >= 0.3 is 6.09 Å². The largest absolute Gasteiger partial charge is 0.444 e. The number of anilines is 1. The van der Waals surface area contributed by atoms with Crippen molar-refractivity contribution in [3.05, 3.63) is 18.2 Å². The van der Waals surface area contributed by atoms with Crippen LogP contribution in [0.2, 0.25) is 0 Å². The van der Waals surface area contributed by atoms with Gasteiger partial charge in [-0.3, -0.25) is 5.32 Å². The molecule has 0 atom stereocenters. The van der Waals surface area contributed by atoms with Crippen LogP contribution < -0.4 is 5.32 Å². The minimum absolute atomic E-state index is 0.472. The third kappa shape index (κ3) is 3.13. The second-order valence-electron chi connectivity index (χ2n) is 4.58. The van der Waals surface area contributed by atoms with Crippen molar-refractivity contribution >= 4 is 33.5 Å². The van der Waals surface area contributed by atoms with Crippen LogP contribution in [-0.2, 0) is 4.74 Å². The first-order valence-corrected chi connectivity index (χ1v) is 5.93. The molecular formula is C11H13N3O2S. The average Bonchev–Trinajstić information content (AvgIpc) is 2.61. The van der Waals surface area contributed by atoms with Crippen molar-refractivity contribution in [1.82, 2.24) is 9.59 Å². The minimum atomic E-state index is -0.504. The van der Waals surface area contributed by atoms with E-state index in [4.69, 9.17) is 4.74 Å². The van der Waals surface area contributed by atoms with E-state index < -0.39 is 11.7 Å². The molecule has 2 aromatic rings. The summed E-state index contributed by atoms with van der Waals surface area (Å²) in [6, 6.07) is 5.43. The molecule has 1 aromatic carbocycles. The van der Waals surface area contributed by atoms with Crippen molar-refractivity contribution in [3.63, 3.8) is 0 Å². The minimum Gasteiger partial charge on any atom is -0.444 e.